The zero-order chi connectivity index (χ0) is 27.6. The van der Waals surface area contributed by atoms with Crippen molar-refractivity contribution in [3.8, 4) is 17.2 Å². The van der Waals surface area contributed by atoms with E-state index in [0.29, 0.717) is 60.1 Å². The molecule has 2 atom stereocenters. The standard InChI is InChI=1S/C29H33N5O6/c1-17-6-7-19-12-24(17)38-16-26(35)30-14-20-8-9-21(13-25(20)37-2)39-23-10-11-34(15-22(23)31-27(19)36)29-32-28(40-33-29)18-4-3-5-18/h6-9,12-13,18,22-23H,3-5,10-11,14-16H2,1-2H3,(H,30,35)(H,31,36)/t22-,23+/m0/s1. The summed E-state index contributed by atoms with van der Waals surface area (Å²) in [4.78, 5) is 32.6. The molecule has 3 aromatic rings. The molecule has 210 valence electrons. The SMILES string of the molecule is COc1cc2ccc1CNC(=O)COc1cc(ccc1C)C(=O)N[C@H]1CN(c3noc(C4CCC4)n3)CC[C@H]1O2. The second-order valence-electron chi connectivity index (χ2n) is 10.6. The number of benzene rings is 2. The number of piperidine rings is 1. The Bertz CT molecular complexity index is 1400. The summed E-state index contributed by atoms with van der Waals surface area (Å²) in [5.74, 6) is 2.69. The van der Waals surface area contributed by atoms with E-state index >= 15 is 0 Å². The molecule has 1 saturated heterocycles. The largest absolute Gasteiger partial charge is 0.496 e. The molecule has 11 nitrogen and oxygen atoms in total. The van der Waals surface area contributed by atoms with Crippen LogP contribution in [0.5, 0.6) is 17.2 Å². The quantitative estimate of drug-likeness (QED) is 0.508. The summed E-state index contributed by atoms with van der Waals surface area (Å²) < 4.78 is 23.4. The summed E-state index contributed by atoms with van der Waals surface area (Å²) in [6, 6.07) is 10.4. The van der Waals surface area contributed by atoms with E-state index < -0.39 is 0 Å². The molecule has 7 rings (SSSR count). The maximum Gasteiger partial charge on any atom is 0.266 e. The molecule has 40 heavy (non-hydrogen) atoms. The Hall–Kier alpha value is -4.28. The van der Waals surface area contributed by atoms with Gasteiger partial charge in [0.15, 0.2) is 6.61 Å². The number of carbonyl (C=O) groups is 2. The van der Waals surface area contributed by atoms with E-state index in [-0.39, 0.29) is 37.1 Å². The van der Waals surface area contributed by atoms with E-state index in [1.165, 1.54) is 6.42 Å². The molecule has 1 saturated carbocycles. The molecule has 1 aliphatic carbocycles. The van der Waals surface area contributed by atoms with Gasteiger partial charge >= 0.3 is 0 Å². The lowest BCUT2D eigenvalue weighted by atomic mass is 9.85. The fraction of sp³-hybridized carbons (Fsp3) is 0.448. The first-order valence-corrected chi connectivity index (χ1v) is 13.7. The minimum Gasteiger partial charge on any atom is -0.496 e. The van der Waals surface area contributed by atoms with Gasteiger partial charge in [-0.25, -0.2) is 0 Å². The molecular formula is C29H33N5O6. The highest BCUT2D eigenvalue weighted by Crippen LogP contribution is 2.36. The number of hydrogen-bond donors (Lipinski definition) is 2. The van der Waals surface area contributed by atoms with Gasteiger partial charge in [-0.15, -0.1) is 0 Å². The number of hydrogen-bond acceptors (Lipinski definition) is 9. The van der Waals surface area contributed by atoms with Gasteiger partial charge in [0, 0.05) is 49.2 Å². The summed E-state index contributed by atoms with van der Waals surface area (Å²) in [5, 5.41) is 10.3. The molecule has 3 aliphatic heterocycles. The van der Waals surface area contributed by atoms with E-state index in [2.05, 4.69) is 20.8 Å². The molecule has 2 aromatic carbocycles. The number of carbonyl (C=O) groups excluding carboxylic acids is 2. The lowest BCUT2D eigenvalue weighted by molar-refractivity contribution is -0.123. The zero-order valence-electron chi connectivity index (χ0n) is 22.6. The number of rotatable bonds is 3. The van der Waals surface area contributed by atoms with Crippen molar-refractivity contribution < 1.29 is 28.3 Å². The predicted octanol–water partition coefficient (Wildman–Crippen LogP) is 3.12. The van der Waals surface area contributed by atoms with Crippen LogP contribution in [0.2, 0.25) is 0 Å². The number of nitrogens with one attached hydrogen (secondary N) is 2. The van der Waals surface area contributed by atoms with Crippen molar-refractivity contribution in [3.05, 3.63) is 59.0 Å². The van der Waals surface area contributed by atoms with Crippen molar-refractivity contribution in [2.24, 2.45) is 0 Å². The van der Waals surface area contributed by atoms with Crippen LogP contribution < -0.4 is 29.7 Å². The number of anilines is 1. The Kier molecular flexibility index (Phi) is 7.19. The Morgan fingerprint density at radius 2 is 1.98 bits per heavy atom. The normalized spacial score (nSPS) is 21.7. The van der Waals surface area contributed by atoms with Crippen LogP contribution in [0.4, 0.5) is 5.95 Å². The molecule has 4 heterocycles. The van der Waals surface area contributed by atoms with Crippen molar-refractivity contribution in [1.82, 2.24) is 20.8 Å². The van der Waals surface area contributed by atoms with E-state index in [1.54, 1.807) is 25.3 Å². The fourth-order valence-electron chi connectivity index (χ4n) is 5.22. The van der Waals surface area contributed by atoms with Gasteiger partial charge in [-0.3, -0.25) is 9.59 Å². The highest BCUT2D eigenvalue weighted by atomic mass is 16.5. The number of amides is 2. The second-order valence-corrected chi connectivity index (χ2v) is 10.6. The van der Waals surface area contributed by atoms with Gasteiger partial charge in [-0.05, 0) is 54.8 Å². The number of aryl methyl sites for hydroxylation is 1. The molecule has 4 bridgehead atoms. The molecular weight excluding hydrogens is 514 g/mol. The number of aromatic nitrogens is 2. The van der Waals surface area contributed by atoms with E-state index in [1.807, 2.05) is 30.0 Å². The van der Waals surface area contributed by atoms with E-state index in [0.717, 1.165) is 24.0 Å². The van der Waals surface area contributed by atoms with Gasteiger partial charge in [0.05, 0.1) is 13.2 Å². The third-order valence-electron chi connectivity index (χ3n) is 7.87. The zero-order valence-corrected chi connectivity index (χ0v) is 22.6. The van der Waals surface area contributed by atoms with Crippen molar-refractivity contribution in [2.75, 3.05) is 31.7 Å². The number of methoxy groups -OCH3 is 1. The minimum absolute atomic E-state index is 0.178. The Balaban J connectivity index is 1.30. The van der Waals surface area contributed by atoms with E-state index in [9.17, 15) is 9.59 Å². The maximum absolute atomic E-state index is 13.5. The lowest BCUT2D eigenvalue weighted by Crippen LogP contribution is -2.57. The van der Waals surface area contributed by atoms with Gasteiger partial charge in [-0.2, -0.15) is 4.98 Å². The number of nitrogens with zero attached hydrogens (tertiary/aromatic N) is 3. The molecule has 2 N–H and O–H groups in total. The topological polar surface area (TPSA) is 128 Å². The smallest absolute Gasteiger partial charge is 0.266 e. The summed E-state index contributed by atoms with van der Waals surface area (Å²) in [5.41, 5.74) is 2.06. The van der Waals surface area contributed by atoms with Crippen molar-refractivity contribution in [1.29, 1.82) is 0 Å². The summed E-state index contributed by atoms with van der Waals surface area (Å²) in [6.07, 6.45) is 3.64. The molecule has 11 heteroatoms. The lowest BCUT2D eigenvalue weighted by Gasteiger charge is -2.38. The average Bonchev–Trinajstić information content (AvgIpc) is 3.40. The maximum atomic E-state index is 13.5. The first kappa shape index (κ1) is 26.0. The molecule has 1 aromatic heterocycles. The fourth-order valence-corrected chi connectivity index (χ4v) is 5.22. The van der Waals surface area contributed by atoms with Gasteiger partial charge in [0.2, 0.25) is 5.89 Å². The molecule has 0 unspecified atom stereocenters. The Morgan fingerprint density at radius 3 is 2.77 bits per heavy atom. The van der Waals surface area contributed by atoms with Crippen LogP contribution in [-0.4, -0.2) is 60.9 Å². The Labute approximate surface area is 232 Å². The van der Waals surface area contributed by atoms with Crippen LogP contribution in [-0.2, 0) is 11.3 Å². The van der Waals surface area contributed by atoms with Crippen molar-refractivity contribution in [3.63, 3.8) is 0 Å². The van der Waals surface area contributed by atoms with Crippen LogP contribution in [0.25, 0.3) is 0 Å². The molecule has 2 amide bonds. The van der Waals surface area contributed by atoms with Crippen LogP contribution in [0.15, 0.2) is 40.9 Å². The van der Waals surface area contributed by atoms with Crippen LogP contribution in [0.1, 0.15) is 59.0 Å². The van der Waals surface area contributed by atoms with Gasteiger partial charge in [0.25, 0.3) is 17.8 Å². The highest BCUT2D eigenvalue weighted by molar-refractivity contribution is 5.95. The third-order valence-corrected chi connectivity index (χ3v) is 7.87. The monoisotopic (exact) mass is 547 g/mol. The first-order valence-electron chi connectivity index (χ1n) is 13.7. The van der Waals surface area contributed by atoms with Gasteiger partial charge in [-0.1, -0.05) is 12.5 Å². The van der Waals surface area contributed by atoms with Gasteiger partial charge in [0.1, 0.15) is 23.4 Å². The predicted molar refractivity (Wildman–Crippen MR) is 145 cm³/mol. The minimum atomic E-state index is -0.373. The van der Waals surface area contributed by atoms with Gasteiger partial charge < -0.3 is 34.3 Å². The molecule has 2 fully saturated rings. The third kappa shape index (κ3) is 5.41. The number of fused-ring (bicyclic) bond motifs is 7. The van der Waals surface area contributed by atoms with Crippen LogP contribution in [0, 0.1) is 6.92 Å². The number of ether oxygens (including phenoxy) is 3. The van der Waals surface area contributed by atoms with Crippen LogP contribution >= 0.6 is 0 Å². The van der Waals surface area contributed by atoms with Crippen LogP contribution in [0.3, 0.4) is 0 Å². The average molecular weight is 548 g/mol. The summed E-state index contributed by atoms with van der Waals surface area (Å²) in [7, 11) is 1.58. The first-order chi connectivity index (χ1) is 19.5. The Morgan fingerprint density at radius 1 is 1.10 bits per heavy atom. The summed E-state index contributed by atoms with van der Waals surface area (Å²) in [6.45, 7) is 3.06. The highest BCUT2D eigenvalue weighted by Gasteiger charge is 2.35. The van der Waals surface area contributed by atoms with Crippen molar-refractivity contribution in [2.45, 2.75) is 57.2 Å². The molecule has 4 aliphatic rings. The summed E-state index contributed by atoms with van der Waals surface area (Å²) >= 11 is 0. The van der Waals surface area contributed by atoms with E-state index in [4.69, 9.17) is 18.7 Å². The second kappa shape index (κ2) is 11.1. The molecule has 0 spiro atoms. The van der Waals surface area contributed by atoms with Crippen molar-refractivity contribution >= 4 is 17.8 Å². The molecule has 0 radical (unpaired) electrons.